The van der Waals surface area contributed by atoms with Gasteiger partial charge in [0.25, 0.3) is 0 Å². The molecule has 0 saturated carbocycles. The topological polar surface area (TPSA) is 59.7 Å². The monoisotopic (exact) mass is 112 g/mol. The molecular formula is C4H4N2O2. The van der Waals surface area contributed by atoms with Gasteiger partial charge >= 0.3 is 0 Å². The van der Waals surface area contributed by atoms with Gasteiger partial charge in [0.2, 0.25) is 11.8 Å². The van der Waals surface area contributed by atoms with E-state index in [0.29, 0.717) is 0 Å². The van der Waals surface area contributed by atoms with Crippen LogP contribution in [0.1, 0.15) is 12.8 Å². The summed E-state index contributed by atoms with van der Waals surface area (Å²) >= 11 is 0. The minimum absolute atomic E-state index is 0.148. The fraction of sp³-hybridized carbons (Fsp3) is 0.500. The number of imide groups is 1. The molecule has 1 saturated heterocycles. The van der Waals surface area contributed by atoms with Crippen LogP contribution in [0, 0.1) is 0 Å². The molecule has 0 aliphatic carbocycles. The van der Waals surface area contributed by atoms with E-state index < -0.39 is 11.8 Å². The van der Waals surface area contributed by atoms with Gasteiger partial charge in [0.15, 0.2) is 0 Å². The van der Waals surface area contributed by atoms with Crippen molar-refractivity contribution < 1.29 is 9.59 Å². The molecule has 2 amide bonds. The molecule has 0 spiro atoms. The molecule has 1 aliphatic rings. The largest absolute Gasteiger partial charge is 0.273 e. The Kier molecular flexibility index (Phi) is 1.02. The van der Waals surface area contributed by atoms with Gasteiger partial charge in [-0.3, -0.25) is 9.59 Å². The van der Waals surface area contributed by atoms with Crippen LogP contribution in [0.15, 0.2) is 0 Å². The molecule has 0 bridgehead atoms. The predicted molar refractivity (Wildman–Crippen MR) is 23.2 cm³/mol. The Morgan fingerprint density at radius 2 is 1.62 bits per heavy atom. The highest BCUT2D eigenvalue weighted by atomic mass is 16.2. The number of amides is 2. The molecule has 0 aromatic heterocycles. The summed E-state index contributed by atoms with van der Waals surface area (Å²) in [5.41, 5.74) is 0. The molecule has 1 rings (SSSR count). The molecule has 2 radical (unpaired) electrons. The zero-order valence-electron chi connectivity index (χ0n) is 4.13. The third-order valence-electron chi connectivity index (χ3n) is 1.03. The molecule has 8 heavy (non-hydrogen) atoms. The quantitative estimate of drug-likeness (QED) is 0.382. The summed E-state index contributed by atoms with van der Waals surface area (Å²) in [6.45, 7) is 0. The van der Waals surface area contributed by atoms with Gasteiger partial charge in [-0.15, -0.1) is 0 Å². The molecule has 0 unspecified atom stereocenters. The molecule has 1 fully saturated rings. The van der Waals surface area contributed by atoms with Crippen LogP contribution in [-0.4, -0.2) is 16.8 Å². The van der Waals surface area contributed by atoms with E-state index in [2.05, 4.69) is 0 Å². The first-order chi connectivity index (χ1) is 3.72. The van der Waals surface area contributed by atoms with Gasteiger partial charge < -0.3 is 0 Å². The first kappa shape index (κ1) is 5.24. The van der Waals surface area contributed by atoms with E-state index in [0.717, 1.165) is 0 Å². The first-order valence-corrected chi connectivity index (χ1v) is 2.26. The molecule has 0 aromatic carbocycles. The second-order valence-corrected chi connectivity index (χ2v) is 1.60. The van der Waals surface area contributed by atoms with Crippen molar-refractivity contribution in [3.63, 3.8) is 0 Å². The summed E-state index contributed by atoms with van der Waals surface area (Å²) in [7, 11) is 0. The van der Waals surface area contributed by atoms with E-state index in [-0.39, 0.29) is 17.9 Å². The summed E-state index contributed by atoms with van der Waals surface area (Å²) in [4.78, 5) is 20.5. The van der Waals surface area contributed by atoms with Crippen LogP contribution in [0.5, 0.6) is 0 Å². The molecule has 42 valence electrons. The van der Waals surface area contributed by atoms with Crippen molar-refractivity contribution >= 4 is 11.8 Å². The maximum absolute atomic E-state index is 10.2. The lowest BCUT2D eigenvalue weighted by molar-refractivity contribution is -0.139. The van der Waals surface area contributed by atoms with Crippen LogP contribution in [0.25, 0.3) is 0 Å². The first-order valence-electron chi connectivity index (χ1n) is 2.26. The normalized spacial score (nSPS) is 20.4. The number of carbonyl (C=O) groups is 2. The number of nitrogens with zero attached hydrogens (tertiary/aromatic N) is 2. The van der Waals surface area contributed by atoms with Gasteiger partial charge in [0, 0.05) is 18.7 Å². The van der Waals surface area contributed by atoms with Crippen LogP contribution in [0.3, 0.4) is 0 Å². The smallest absolute Gasteiger partial charge is 0.246 e. The third kappa shape index (κ3) is 0.586. The molecule has 1 heterocycles. The lowest BCUT2D eigenvalue weighted by Crippen LogP contribution is -2.26. The summed E-state index contributed by atoms with van der Waals surface area (Å²) in [6, 6.07) is 0. The summed E-state index contributed by atoms with van der Waals surface area (Å²) in [5, 5.41) is 0.167. The highest BCUT2D eigenvalue weighted by Crippen LogP contribution is 2.06. The molecular weight excluding hydrogens is 108 g/mol. The zero-order valence-corrected chi connectivity index (χ0v) is 4.13. The van der Waals surface area contributed by atoms with E-state index in [1.54, 1.807) is 0 Å². The lowest BCUT2D eigenvalue weighted by Gasteiger charge is -1.96. The summed E-state index contributed by atoms with van der Waals surface area (Å²) in [6.07, 6.45) is 0.296. The Labute approximate surface area is 46.2 Å². The zero-order chi connectivity index (χ0) is 6.15. The van der Waals surface area contributed by atoms with Crippen molar-refractivity contribution in [2.24, 2.45) is 0 Å². The number of carbonyl (C=O) groups excluding carboxylic acids is 2. The third-order valence-corrected chi connectivity index (χ3v) is 1.03. The maximum atomic E-state index is 10.2. The van der Waals surface area contributed by atoms with Crippen LogP contribution < -0.4 is 5.84 Å². The van der Waals surface area contributed by atoms with Crippen LogP contribution >= 0.6 is 0 Å². The maximum Gasteiger partial charge on any atom is 0.246 e. The number of hydrogen-bond acceptors (Lipinski definition) is 2. The lowest BCUT2D eigenvalue weighted by atomic mass is 10.4. The van der Waals surface area contributed by atoms with Crippen molar-refractivity contribution in [1.82, 2.24) is 10.9 Å². The van der Waals surface area contributed by atoms with Crippen LogP contribution in [0.2, 0.25) is 0 Å². The highest BCUT2D eigenvalue weighted by Gasteiger charge is 2.27. The SMILES string of the molecule is [N]N1C(=O)CCC1=O. The standard InChI is InChI=1S/C4H4N2O2/c5-6-3(7)1-2-4(6)8/h1-2H2. The average molecular weight is 112 g/mol. The number of hydrogen-bond donors (Lipinski definition) is 0. The van der Waals surface area contributed by atoms with Crippen molar-refractivity contribution in [1.29, 1.82) is 0 Å². The van der Waals surface area contributed by atoms with Gasteiger partial charge in [-0.2, -0.15) is 5.01 Å². The van der Waals surface area contributed by atoms with Crippen LogP contribution in [0.4, 0.5) is 0 Å². The van der Waals surface area contributed by atoms with Gasteiger partial charge in [-0.1, -0.05) is 0 Å². The van der Waals surface area contributed by atoms with Gasteiger partial charge in [-0.25, -0.2) is 0 Å². The predicted octanol–water partition coefficient (Wildman–Crippen LogP) is -0.881. The van der Waals surface area contributed by atoms with E-state index in [4.69, 9.17) is 5.84 Å². The molecule has 0 N–H and O–H groups in total. The van der Waals surface area contributed by atoms with Crippen molar-refractivity contribution in [3.05, 3.63) is 0 Å². The van der Waals surface area contributed by atoms with Crippen molar-refractivity contribution in [3.8, 4) is 0 Å². The number of rotatable bonds is 0. The Bertz CT molecular complexity index is 127. The Hall–Kier alpha value is -0.900. The second-order valence-electron chi connectivity index (χ2n) is 1.60. The molecule has 0 aromatic rings. The Morgan fingerprint density at radius 1 is 1.25 bits per heavy atom. The van der Waals surface area contributed by atoms with Crippen molar-refractivity contribution in [2.45, 2.75) is 12.8 Å². The van der Waals surface area contributed by atoms with E-state index >= 15 is 0 Å². The molecule has 4 nitrogen and oxygen atoms in total. The van der Waals surface area contributed by atoms with Crippen molar-refractivity contribution in [2.75, 3.05) is 0 Å². The van der Waals surface area contributed by atoms with E-state index in [1.165, 1.54) is 0 Å². The Balaban J connectivity index is 2.70. The second kappa shape index (κ2) is 1.56. The van der Waals surface area contributed by atoms with E-state index in [1.807, 2.05) is 0 Å². The summed E-state index contributed by atoms with van der Waals surface area (Å²) < 4.78 is 0. The molecule has 0 atom stereocenters. The molecule has 4 heteroatoms. The minimum atomic E-state index is -0.505. The highest BCUT2D eigenvalue weighted by molar-refractivity contribution is 6.00. The van der Waals surface area contributed by atoms with Gasteiger partial charge in [0.05, 0.1) is 0 Å². The van der Waals surface area contributed by atoms with E-state index in [9.17, 15) is 9.59 Å². The Morgan fingerprint density at radius 3 is 1.75 bits per heavy atom. The average Bonchev–Trinajstić information content (AvgIpc) is 1.98. The fourth-order valence-corrected chi connectivity index (χ4v) is 0.565. The summed E-state index contributed by atoms with van der Waals surface area (Å²) in [5.74, 6) is 7.39. The minimum Gasteiger partial charge on any atom is -0.273 e. The van der Waals surface area contributed by atoms with Gasteiger partial charge in [-0.05, 0) is 0 Å². The van der Waals surface area contributed by atoms with Gasteiger partial charge in [0.1, 0.15) is 0 Å². The molecule has 1 aliphatic heterocycles. The fourth-order valence-electron chi connectivity index (χ4n) is 0.565. The van der Waals surface area contributed by atoms with Crippen LogP contribution in [-0.2, 0) is 9.59 Å².